The first-order valence-electron chi connectivity index (χ1n) is 8.60. The summed E-state index contributed by atoms with van der Waals surface area (Å²) in [6, 6.07) is 6.08. The quantitative estimate of drug-likeness (QED) is 0.734. The molecule has 1 unspecified atom stereocenters. The first-order chi connectivity index (χ1) is 11.4. The molecule has 0 heterocycles. The van der Waals surface area contributed by atoms with E-state index >= 15 is 0 Å². The predicted molar refractivity (Wildman–Crippen MR) is 95.5 cm³/mol. The maximum absolute atomic E-state index is 12.2. The highest BCUT2D eigenvalue weighted by Gasteiger charge is 2.17. The average molecular weight is 353 g/mol. The van der Waals surface area contributed by atoms with Crippen LogP contribution >= 0.6 is 0 Å². The Morgan fingerprint density at radius 3 is 2.38 bits per heavy atom. The highest BCUT2D eigenvalue weighted by atomic mass is 32.2. The molecular weight excluding hydrogens is 326 g/mol. The highest BCUT2D eigenvalue weighted by molar-refractivity contribution is 7.89. The topological polar surface area (TPSA) is 87.3 Å². The summed E-state index contributed by atoms with van der Waals surface area (Å²) in [5, 5.41) is 5.72. The van der Waals surface area contributed by atoms with Crippen LogP contribution < -0.4 is 15.4 Å². The van der Waals surface area contributed by atoms with E-state index in [0.717, 1.165) is 32.1 Å². The van der Waals surface area contributed by atoms with E-state index < -0.39 is 10.0 Å². The molecule has 1 aliphatic carbocycles. The summed E-state index contributed by atoms with van der Waals surface area (Å²) in [7, 11) is -3.52. The van der Waals surface area contributed by atoms with Gasteiger partial charge < -0.3 is 10.6 Å². The molecule has 1 saturated carbocycles. The Morgan fingerprint density at radius 1 is 1.17 bits per heavy atom. The fourth-order valence-electron chi connectivity index (χ4n) is 2.73. The van der Waals surface area contributed by atoms with Crippen molar-refractivity contribution in [2.45, 2.75) is 69.4 Å². The van der Waals surface area contributed by atoms with E-state index in [-0.39, 0.29) is 23.0 Å². The summed E-state index contributed by atoms with van der Waals surface area (Å²) >= 11 is 0. The van der Waals surface area contributed by atoms with Gasteiger partial charge in [0.25, 0.3) is 0 Å². The van der Waals surface area contributed by atoms with E-state index in [1.165, 1.54) is 18.6 Å². The van der Waals surface area contributed by atoms with Gasteiger partial charge in [0.05, 0.1) is 4.90 Å². The fraction of sp³-hybridized carbons (Fsp3) is 0.588. The minimum atomic E-state index is -3.52. The van der Waals surface area contributed by atoms with Crippen LogP contribution in [-0.2, 0) is 10.0 Å². The summed E-state index contributed by atoms with van der Waals surface area (Å²) in [4.78, 5) is 12.2. The molecule has 2 amide bonds. The fourth-order valence-corrected chi connectivity index (χ4v) is 4.06. The second kappa shape index (κ2) is 8.48. The summed E-state index contributed by atoms with van der Waals surface area (Å²) in [5.74, 6) is 0. The number of anilines is 1. The van der Waals surface area contributed by atoms with Crippen LogP contribution in [0, 0.1) is 0 Å². The molecule has 3 N–H and O–H groups in total. The van der Waals surface area contributed by atoms with E-state index in [1.54, 1.807) is 12.1 Å². The normalized spacial score (nSPS) is 17.2. The number of hydrogen-bond acceptors (Lipinski definition) is 3. The first-order valence-corrected chi connectivity index (χ1v) is 10.1. The Kier molecular flexibility index (Phi) is 6.62. The Bertz CT molecular complexity index is 638. The van der Waals surface area contributed by atoms with Crippen LogP contribution in [0.15, 0.2) is 29.2 Å². The number of carbonyl (C=O) groups is 1. The molecule has 0 aliphatic heterocycles. The first kappa shape index (κ1) is 18.7. The van der Waals surface area contributed by atoms with Crippen molar-refractivity contribution >= 4 is 21.7 Å². The van der Waals surface area contributed by atoms with Crippen molar-refractivity contribution < 1.29 is 13.2 Å². The number of carbonyl (C=O) groups excluding carboxylic acids is 1. The van der Waals surface area contributed by atoms with Crippen LogP contribution in [-0.4, -0.2) is 26.5 Å². The standard InChI is InChI=1S/C17H27N3O3S/c1-3-13(2)20-24(22,23)16-11-9-15(10-12-16)19-17(21)18-14-7-5-4-6-8-14/h9-14,20H,3-8H2,1-2H3,(H2,18,19,21). The van der Waals surface area contributed by atoms with Crippen LogP contribution in [0.5, 0.6) is 0 Å². The summed E-state index contributed by atoms with van der Waals surface area (Å²) in [6.45, 7) is 3.74. The van der Waals surface area contributed by atoms with E-state index in [2.05, 4.69) is 15.4 Å². The van der Waals surface area contributed by atoms with Gasteiger partial charge >= 0.3 is 6.03 Å². The number of urea groups is 1. The molecule has 24 heavy (non-hydrogen) atoms. The van der Waals surface area contributed by atoms with Crippen molar-refractivity contribution in [2.75, 3.05) is 5.32 Å². The van der Waals surface area contributed by atoms with E-state index in [0.29, 0.717) is 5.69 Å². The zero-order chi connectivity index (χ0) is 17.6. The van der Waals surface area contributed by atoms with Crippen LogP contribution in [0.2, 0.25) is 0 Å². The molecule has 1 fully saturated rings. The number of hydrogen-bond donors (Lipinski definition) is 3. The van der Waals surface area contributed by atoms with Crippen molar-refractivity contribution in [2.24, 2.45) is 0 Å². The van der Waals surface area contributed by atoms with Crippen LogP contribution in [0.25, 0.3) is 0 Å². The molecule has 7 heteroatoms. The Hall–Kier alpha value is -1.60. The van der Waals surface area contributed by atoms with Gasteiger partial charge in [0.2, 0.25) is 10.0 Å². The third-order valence-corrected chi connectivity index (χ3v) is 5.94. The number of sulfonamides is 1. The van der Waals surface area contributed by atoms with Crippen molar-refractivity contribution in [3.8, 4) is 0 Å². The molecule has 0 radical (unpaired) electrons. The minimum Gasteiger partial charge on any atom is -0.335 e. The third-order valence-electron chi connectivity index (χ3n) is 4.33. The maximum Gasteiger partial charge on any atom is 0.319 e. The van der Waals surface area contributed by atoms with Crippen molar-refractivity contribution in [1.29, 1.82) is 0 Å². The molecule has 0 bridgehead atoms. The van der Waals surface area contributed by atoms with Gasteiger partial charge in [0.15, 0.2) is 0 Å². The van der Waals surface area contributed by atoms with Gasteiger partial charge in [-0.3, -0.25) is 0 Å². The molecule has 0 aromatic heterocycles. The number of rotatable bonds is 6. The lowest BCUT2D eigenvalue weighted by Crippen LogP contribution is -2.39. The zero-order valence-corrected chi connectivity index (χ0v) is 15.2. The van der Waals surface area contributed by atoms with Gasteiger partial charge in [-0.05, 0) is 50.5 Å². The van der Waals surface area contributed by atoms with Gasteiger partial charge in [-0.15, -0.1) is 0 Å². The second-order valence-electron chi connectivity index (χ2n) is 6.39. The Morgan fingerprint density at radius 2 is 1.79 bits per heavy atom. The molecular formula is C17H27N3O3S. The van der Waals surface area contributed by atoms with Crippen LogP contribution in [0.3, 0.4) is 0 Å². The van der Waals surface area contributed by atoms with E-state index in [1.807, 2.05) is 13.8 Å². The lowest BCUT2D eigenvalue weighted by atomic mass is 9.96. The van der Waals surface area contributed by atoms with Gasteiger partial charge in [0, 0.05) is 17.8 Å². The van der Waals surface area contributed by atoms with Crippen molar-refractivity contribution in [3.63, 3.8) is 0 Å². The van der Waals surface area contributed by atoms with Crippen molar-refractivity contribution in [1.82, 2.24) is 10.0 Å². The number of benzene rings is 1. The summed E-state index contributed by atoms with van der Waals surface area (Å²) in [5.41, 5.74) is 0.575. The number of amides is 2. The van der Waals surface area contributed by atoms with Crippen LogP contribution in [0.1, 0.15) is 52.4 Å². The van der Waals surface area contributed by atoms with Crippen LogP contribution in [0.4, 0.5) is 10.5 Å². The highest BCUT2D eigenvalue weighted by Crippen LogP contribution is 2.18. The zero-order valence-electron chi connectivity index (χ0n) is 14.3. The predicted octanol–water partition coefficient (Wildman–Crippen LogP) is 3.22. The van der Waals surface area contributed by atoms with Gasteiger partial charge in [-0.1, -0.05) is 26.2 Å². The van der Waals surface area contributed by atoms with Crippen molar-refractivity contribution in [3.05, 3.63) is 24.3 Å². The van der Waals surface area contributed by atoms with E-state index in [9.17, 15) is 13.2 Å². The summed E-state index contributed by atoms with van der Waals surface area (Å²) < 4.78 is 27.0. The lowest BCUT2D eigenvalue weighted by molar-refractivity contribution is 0.244. The SMILES string of the molecule is CCC(C)NS(=O)(=O)c1ccc(NC(=O)NC2CCCCC2)cc1. The van der Waals surface area contributed by atoms with Gasteiger partial charge in [-0.2, -0.15) is 0 Å². The smallest absolute Gasteiger partial charge is 0.319 e. The second-order valence-corrected chi connectivity index (χ2v) is 8.10. The monoisotopic (exact) mass is 353 g/mol. The largest absolute Gasteiger partial charge is 0.335 e. The molecule has 2 rings (SSSR count). The van der Waals surface area contributed by atoms with Gasteiger partial charge in [-0.25, -0.2) is 17.9 Å². The number of nitrogens with one attached hydrogen (secondary N) is 3. The Balaban J connectivity index is 1.92. The lowest BCUT2D eigenvalue weighted by Gasteiger charge is -2.22. The maximum atomic E-state index is 12.2. The summed E-state index contributed by atoms with van der Waals surface area (Å²) in [6.07, 6.45) is 6.31. The van der Waals surface area contributed by atoms with Gasteiger partial charge in [0.1, 0.15) is 0 Å². The molecule has 1 aromatic carbocycles. The molecule has 1 aliphatic rings. The Labute approximate surface area is 144 Å². The average Bonchev–Trinajstić information content (AvgIpc) is 2.55. The molecule has 6 nitrogen and oxygen atoms in total. The molecule has 1 aromatic rings. The molecule has 0 saturated heterocycles. The molecule has 134 valence electrons. The molecule has 0 spiro atoms. The van der Waals surface area contributed by atoms with E-state index in [4.69, 9.17) is 0 Å². The molecule has 1 atom stereocenters. The minimum absolute atomic E-state index is 0.117. The third kappa shape index (κ3) is 5.49.